The molecule has 0 unspecified atom stereocenters. The first kappa shape index (κ1) is 17.7. The van der Waals surface area contributed by atoms with E-state index in [4.69, 9.17) is 4.42 Å². The molecule has 0 amide bonds. The summed E-state index contributed by atoms with van der Waals surface area (Å²) in [5.41, 5.74) is -1.01. The van der Waals surface area contributed by atoms with Gasteiger partial charge in [0.25, 0.3) is 0 Å². The lowest BCUT2D eigenvalue weighted by Crippen LogP contribution is -2.29. The summed E-state index contributed by atoms with van der Waals surface area (Å²) in [6, 6.07) is 7.88. The third kappa shape index (κ3) is 3.24. The Bertz CT molecular complexity index is 1240. The van der Waals surface area contributed by atoms with Crippen LogP contribution in [0, 0.1) is 5.92 Å². The van der Waals surface area contributed by atoms with E-state index >= 15 is 0 Å². The molecule has 1 saturated carbocycles. The molecule has 8 nitrogen and oxygen atoms in total. The molecule has 0 saturated heterocycles. The van der Waals surface area contributed by atoms with Crippen molar-refractivity contribution in [2.75, 3.05) is 7.05 Å². The van der Waals surface area contributed by atoms with Crippen LogP contribution in [0.15, 0.2) is 49.2 Å². The molecule has 2 N–H and O–H groups in total. The predicted octanol–water partition coefficient (Wildman–Crippen LogP) is 1.75. The fourth-order valence-corrected chi connectivity index (χ4v) is 4.30. The number of H-pyrrole nitrogens is 2. The zero-order valence-electron chi connectivity index (χ0n) is 14.9. The molecule has 3 aromatic rings. The van der Waals surface area contributed by atoms with Gasteiger partial charge in [0.2, 0.25) is 10.0 Å². The zero-order valence-corrected chi connectivity index (χ0v) is 15.7. The first-order chi connectivity index (χ1) is 12.8. The summed E-state index contributed by atoms with van der Waals surface area (Å²) in [5.74, 6) is 2.51. The van der Waals surface area contributed by atoms with Gasteiger partial charge in [-0.1, -0.05) is 6.92 Å². The van der Waals surface area contributed by atoms with Crippen molar-refractivity contribution in [1.29, 1.82) is 0 Å². The summed E-state index contributed by atoms with van der Waals surface area (Å²) in [6.45, 7) is 2.25. The Morgan fingerprint density at radius 3 is 2.44 bits per heavy atom. The number of aromatic amines is 2. The second-order valence-corrected chi connectivity index (χ2v) is 9.05. The van der Waals surface area contributed by atoms with Crippen LogP contribution in [0.1, 0.15) is 30.8 Å². The monoisotopic (exact) mass is 389 g/mol. The molecule has 1 aliphatic carbocycles. The van der Waals surface area contributed by atoms with Crippen molar-refractivity contribution in [3.05, 3.63) is 62.6 Å². The number of hydrogen-bond acceptors (Lipinski definition) is 5. The standard InChI is InChI=1S/C18H19N3O5S/c1-10-7-13(10)16-6-3-11(26-16)9-21(2)27(24,25)12-4-5-14-15(8-12)20-18(23)17(22)19-14/h3-6,8,10,13H,7,9H2,1-2H3,(H,19,22)(H,20,23)/t10-,13-/m0/s1. The van der Waals surface area contributed by atoms with Crippen LogP contribution in [-0.4, -0.2) is 29.7 Å². The molecule has 27 heavy (non-hydrogen) atoms. The Labute approximate surface area is 154 Å². The number of fused-ring (bicyclic) bond motifs is 1. The van der Waals surface area contributed by atoms with Crippen molar-refractivity contribution in [3.8, 4) is 0 Å². The average Bonchev–Trinajstić information content (AvgIpc) is 3.17. The molecule has 9 heteroatoms. The number of furan rings is 1. The van der Waals surface area contributed by atoms with Gasteiger partial charge in [-0.3, -0.25) is 9.59 Å². The third-order valence-corrected chi connectivity index (χ3v) is 6.74. The van der Waals surface area contributed by atoms with Crippen molar-refractivity contribution in [1.82, 2.24) is 14.3 Å². The van der Waals surface area contributed by atoms with Crippen LogP contribution in [0.3, 0.4) is 0 Å². The highest BCUT2D eigenvalue weighted by Gasteiger charge is 2.36. The highest BCUT2D eigenvalue weighted by molar-refractivity contribution is 7.89. The summed E-state index contributed by atoms with van der Waals surface area (Å²) in [4.78, 5) is 27.7. The van der Waals surface area contributed by atoms with Gasteiger partial charge in [0.15, 0.2) is 0 Å². The number of rotatable bonds is 5. The lowest BCUT2D eigenvalue weighted by atomic mass is 10.3. The van der Waals surface area contributed by atoms with Crippen molar-refractivity contribution < 1.29 is 12.8 Å². The lowest BCUT2D eigenvalue weighted by Gasteiger charge is -2.16. The van der Waals surface area contributed by atoms with Gasteiger partial charge in [-0.2, -0.15) is 4.31 Å². The minimum atomic E-state index is -3.80. The smallest absolute Gasteiger partial charge is 0.314 e. The van der Waals surface area contributed by atoms with E-state index in [2.05, 4.69) is 16.9 Å². The molecule has 2 heterocycles. The molecule has 1 aliphatic rings. The Kier molecular flexibility index (Phi) is 4.08. The van der Waals surface area contributed by atoms with Crippen LogP contribution < -0.4 is 11.1 Å². The molecule has 0 bridgehead atoms. The minimum absolute atomic E-state index is 0.0165. The topological polar surface area (TPSA) is 116 Å². The SMILES string of the molecule is C[C@H]1C[C@@H]1c1ccc(CN(C)S(=O)(=O)c2ccc3[nH]c(=O)c(=O)[nH]c3c2)o1. The second kappa shape index (κ2) is 6.21. The number of sulfonamides is 1. The van der Waals surface area contributed by atoms with Crippen LogP contribution in [0.2, 0.25) is 0 Å². The van der Waals surface area contributed by atoms with E-state index in [1.165, 1.54) is 29.6 Å². The molecule has 2 aromatic heterocycles. The van der Waals surface area contributed by atoms with Gasteiger partial charge in [0, 0.05) is 13.0 Å². The van der Waals surface area contributed by atoms with Crippen molar-refractivity contribution in [2.24, 2.45) is 5.92 Å². The maximum Gasteiger partial charge on any atom is 0.314 e. The first-order valence-electron chi connectivity index (χ1n) is 8.57. The molecule has 4 rings (SSSR count). The van der Waals surface area contributed by atoms with Gasteiger partial charge < -0.3 is 14.4 Å². The summed E-state index contributed by atoms with van der Waals surface area (Å²) >= 11 is 0. The van der Waals surface area contributed by atoms with E-state index in [0.717, 1.165) is 12.2 Å². The summed E-state index contributed by atoms with van der Waals surface area (Å²) in [7, 11) is -2.33. The summed E-state index contributed by atoms with van der Waals surface area (Å²) < 4.78 is 32.7. The molecule has 0 aliphatic heterocycles. The number of nitrogens with zero attached hydrogens (tertiary/aromatic N) is 1. The van der Waals surface area contributed by atoms with E-state index in [9.17, 15) is 18.0 Å². The van der Waals surface area contributed by atoms with Gasteiger partial charge in [-0.05, 0) is 42.7 Å². The van der Waals surface area contributed by atoms with Crippen LogP contribution in [-0.2, 0) is 16.6 Å². The molecular weight excluding hydrogens is 370 g/mol. The van der Waals surface area contributed by atoms with Gasteiger partial charge in [0.05, 0.1) is 22.5 Å². The van der Waals surface area contributed by atoms with Crippen LogP contribution >= 0.6 is 0 Å². The van der Waals surface area contributed by atoms with E-state index < -0.39 is 21.1 Å². The molecule has 0 radical (unpaired) electrons. The predicted molar refractivity (Wildman–Crippen MR) is 99.1 cm³/mol. The van der Waals surface area contributed by atoms with Gasteiger partial charge in [0.1, 0.15) is 11.5 Å². The second-order valence-electron chi connectivity index (χ2n) is 7.00. The molecule has 1 fully saturated rings. The summed E-state index contributed by atoms with van der Waals surface area (Å²) in [6.07, 6.45) is 1.10. The van der Waals surface area contributed by atoms with Gasteiger partial charge in [-0.25, -0.2) is 8.42 Å². The molecule has 2 atom stereocenters. The van der Waals surface area contributed by atoms with Crippen LogP contribution in [0.4, 0.5) is 0 Å². The summed E-state index contributed by atoms with van der Waals surface area (Å²) in [5, 5.41) is 0. The van der Waals surface area contributed by atoms with E-state index in [-0.39, 0.29) is 17.0 Å². The van der Waals surface area contributed by atoms with E-state index in [0.29, 0.717) is 23.1 Å². The third-order valence-electron chi connectivity index (χ3n) is 4.94. The highest BCUT2D eigenvalue weighted by atomic mass is 32.2. The van der Waals surface area contributed by atoms with Crippen LogP contribution in [0.5, 0.6) is 0 Å². The Hall–Kier alpha value is -2.65. The van der Waals surface area contributed by atoms with Gasteiger partial charge >= 0.3 is 11.1 Å². The molecule has 0 spiro atoms. The number of aromatic nitrogens is 2. The van der Waals surface area contributed by atoms with Gasteiger partial charge in [-0.15, -0.1) is 0 Å². The first-order valence-corrected chi connectivity index (χ1v) is 10.0. The highest BCUT2D eigenvalue weighted by Crippen LogP contribution is 2.47. The fraction of sp³-hybridized carbons (Fsp3) is 0.333. The molecular formula is C18H19N3O5S. The Morgan fingerprint density at radius 2 is 1.78 bits per heavy atom. The normalized spacial score (nSPS) is 19.7. The Morgan fingerprint density at radius 1 is 1.11 bits per heavy atom. The lowest BCUT2D eigenvalue weighted by molar-refractivity contribution is 0.390. The Balaban J connectivity index is 1.61. The maximum absolute atomic E-state index is 12.9. The van der Waals surface area contributed by atoms with Crippen LogP contribution in [0.25, 0.3) is 11.0 Å². The molecule has 142 valence electrons. The number of hydrogen-bond donors (Lipinski definition) is 2. The largest absolute Gasteiger partial charge is 0.464 e. The average molecular weight is 389 g/mol. The number of nitrogens with one attached hydrogen (secondary N) is 2. The van der Waals surface area contributed by atoms with E-state index in [1.807, 2.05) is 6.07 Å². The minimum Gasteiger partial charge on any atom is -0.464 e. The quantitative estimate of drug-likeness (QED) is 0.645. The maximum atomic E-state index is 12.9. The molecule has 1 aromatic carbocycles. The number of benzene rings is 1. The van der Waals surface area contributed by atoms with Crippen molar-refractivity contribution >= 4 is 21.1 Å². The van der Waals surface area contributed by atoms with E-state index in [1.54, 1.807) is 6.07 Å². The van der Waals surface area contributed by atoms with Crippen molar-refractivity contribution in [2.45, 2.75) is 30.7 Å². The fourth-order valence-electron chi connectivity index (χ4n) is 3.14. The zero-order chi connectivity index (χ0) is 19.3. The van der Waals surface area contributed by atoms with Crippen molar-refractivity contribution in [3.63, 3.8) is 0 Å².